The molecule has 2 aliphatic rings. The Morgan fingerprint density at radius 3 is 2.22 bits per heavy atom. The second-order valence-corrected chi connectivity index (χ2v) is 9.10. The number of piperidine rings is 1. The lowest BCUT2D eigenvalue weighted by Crippen LogP contribution is -2.35. The molecule has 1 saturated heterocycles. The molecule has 0 radical (unpaired) electrons. The van der Waals surface area contributed by atoms with E-state index in [0.29, 0.717) is 37.2 Å². The maximum absolute atomic E-state index is 12.7. The van der Waals surface area contributed by atoms with Crippen molar-refractivity contribution < 1.29 is 32.3 Å². The number of benzene rings is 2. The summed E-state index contributed by atoms with van der Waals surface area (Å²) in [5, 5.41) is 10.8. The van der Waals surface area contributed by atoms with Crippen molar-refractivity contribution in [1.29, 1.82) is 0 Å². The zero-order valence-corrected chi connectivity index (χ0v) is 19.8. The number of rotatable bonds is 8. The van der Waals surface area contributed by atoms with Crippen LogP contribution in [-0.2, 0) is 12.7 Å². The molecule has 0 spiro atoms. The number of imidazole rings is 1. The van der Waals surface area contributed by atoms with E-state index in [9.17, 15) is 23.3 Å². The molecule has 0 saturated carbocycles. The van der Waals surface area contributed by atoms with Crippen molar-refractivity contribution in [2.45, 2.75) is 31.7 Å². The van der Waals surface area contributed by atoms with Crippen molar-refractivity contribution in [3.8, 4) is 17.5 Å². The maximum atomic E-state index is 12.7. The number of fused-ring (bicyclic) bond motifs is 1. The van der Waals surface area contributed by atoms with Gasteiger partial charge in [-0.05, 0) is 72.2 Å². The predicted octanol–water partition coefficient (Wildman–Crippen LogP) is 4.95. The second-order valence-electron chi connectivity index (χ2n) is 9.10. The lowest BCUT2D eigenvalue weighted by Gasteiger charge is -2.33. The molecule has 3 aromatic rings. The number of alkyl halides is 3. The highest BCUT2D eigenvalue weighted by Gasteiger charge is 2.32. The average molecular weight is 518 g/mol. The Morgan fingerprint density at radius 1 is 1.00 bits per heavy atom. The van der Waals surface area contributed by atoms with Crippen LogP contribution in [-0.4, -0.2) is 46.9 Å². The van der Waals surface area contributed by atoms with E-state index in [1.54, 1.807) is 4.57 Å². The minimum absolute atomic E-state index is 0.226. The third kappa shape index (κ3) is 5.89. The summed E-state index contributed by atoms with van der Waals surface area (Å²) < 4.78 is 56.8. The zero-order chi connectivity index (χ0) is 26.0. The number of hydrogen-bond acceptors (Lipinski definition) is 7. The van der Waals surface area contributed by atoms with Crippen LogP contribution < -0.4 is 19.1 Å². The van der Waals surface area contributed by atoms with Gasteiger partial charge in [-0.2, -0.15) is 13.2 Å². The SMILES string of the molecule is O=[N+]([O-])c1cn2c(n1)O[C@H](COc1ccc(N3CCC(COc4ccc(C(F)(F)F)cc4)CC3)cc1)C2. The van der Waals surface area contributed by atoms with Gasteiger partial charge in [-0.25, -0.2) is 0 Å². The van der Waals surface area contributed by atoms with Gasteiger partial charge in [0, 0.05) is 23.8 Å². The van der Waals surface area contributed by atoms with Gasteiger partial charge in [-0.3, -0.25) is 4.57 Å². The van der Waals surface area contributed by atoms with Crippen LogP contribution in [0.2, 0.25) is 0 Å². The molecule has 9 nitrogen and oxygen atoms in total. The van der Waals surface area contributed by atoms with Crippen LogP contribution in [0.15, 0.2) is 54.7 Å². The minimum Gasteiger partial charge on any atom is -0.493 e. The van der Waals surface area contributed by atoms with E-state index in [1.807, 2.05) is 24.3 Å². The maximum Gasteiger partial charge on any atom is 0.416 e. The Labute approximate surface area is 210 Å². The van der Waals surface area contributed by atoms with E-state index < -0.39 is 16.7 Å². The van der Waals surface area contributed by atoms with Gasteiger partial charge in [-0.1, -0.05) is 0 Å². The predicted molar refractivity (Wildman–Crippen MR) is 127 cm³/mol. The Hall–Kier alpha value is -3.96. The van der Waals surface area contributed by atoms with Gasteiger partial charge in [0.25, 0.3) is 0 Å². The first-order valence-electron chi connectivity index (χ1n) is 11.9. The molecule has 0 unspecified atom stereocenters. The van der Waals surface area contributed by atoms with Crippen LogP contribution in [0, 0.1) is 16.0 Å². The molecule has 1 aromatic heterocycles. The molecule has 1 fully saturated rings. The highest BCUT2D eigenvalue weighted by Crippen LogP contribution is 2.31. The summed E-state index contributed by atoms with van der Waals surface area (Å²) in [7, 11) is 0. The molecule has 5 rings (SSSR count). The highest BCUT2D eigenvalue weighted by atomic mass is 19.4. The van der Waals surface area contributed by atoms with Crippen molar-refractivity contribution in [1.82, 2.24) is 9.55 Å². The fraction of sp³-hybridized carbons (Fsp3) is 0.400. The summed E-state index contributed by atoms with van der Waals surface area (Å²) in [6, 6.07) is 12.8. The number of hydrogen-bond donors (Lipinski definition) is 0. The van der Waals surface area contributed by atoms with E-state index in [1.165, 1.54) is 18.3 Å². The molecule has 0 N–H and O–H groups in total. The van der Waals surface area contributed by atoms with Crippen molar-refractivity contribution in [3.05, 3.63) is 70.4 Å². The van der Waals surface area contributed by atoms with Crippen LogP contribution in [0.3, 0.4) is 0 Å². The average Bonchev–Trinajstić information content (AvgIpc) is 3.46. The summed E-state index contributed by atoms with van der Waals surface area (Å²) in [5.41, 5.74) is 0.399. The summed E-state index contributed by atoms with van der Waals surface area (Å²) in [6.07, 6.45) is -1.42. The lowest BCUT2D eigenvalue weighted by molar-refractivity contribution is -0.389. The topological polar surface area (TPSA) is 91.9 Å². The first-order valence-corrected chi connectivity index (χ1v) is 11.9. The van der Waals surface area contributed by atoms with Crippen molar-refractivity contribution >= 4 is 11.5 Å². The molecule has 0 bridgehead atoms. The van der Waals surface area contributed by atoms with Crippen molar-refractivity contribution in [2.24, 2.45) is 5.92 Å². The number of anilines is 1. The number of aromatic nitrogens is 2. The largest absolute Gasteiger partial charge is 0.493 e. The molecule has 2 aromatic carbocycles. The normalized spacial score (nSPS) is 17.8. The third-order valence-corrected chi connectivity index (χ3v) is 6.51. The molecule has 1 atom stereocenters. The monoisotopic (exact) mass is 518 g/mol. The van der Waals surface area contributed by atoms with E-state index in [4.69, 9.17) is 14.2 Å². The van der Waals surface area contributed by atoms with Gasteiger partial charge in [0.2, 0.25) is 0 Å². The lowest BCUT2D eigenvalue weighted by atomic mass is 9.97. The Kier molecular flexibility index (Phi) is 6.81. The van der Waals surface area contributed by atoms with Gasteiger partial charge in [-0.15, -0.1) is 0 Å². The van der Waals surface area contributed by atoms with Crippen LogP contribution in [0.5, 0.6) is 17.5 Å². The standard InChI is InChI=1S/C25H25F3N4O5/c26-25(27,28)18-1-5-20(6-2-18)35-15-17-9-11-30(12-10-17)19-3-7-21(8-4-19)36-16-22-13-31-14-23(32(33)34)29-24(31)37-22/h1-8,14,17,22H,9-13,15-16H2/t22-/m0/s1. The van der Waals surface area contributed by atoms with E-state index in [0.717, 1.165) is 43.8 Å². The quantitative estimate of drug-likeness (QED) is 0.308. The van der Waals surface area contributed by atoms with Crippen LogP contribution in [0.1, 0.15) is 18.4 Å². The van der Waals surface area contributed by atoms with Crippen molar-refractivity contribution in [2.75, 3.05) is 31.2 Å². The first-order chi connectivity index (χ1) is 17.7. The summed E-state index contributed by atoms with van der Waals surface area (Å²) >= 11 is 0. The van der Waals surface area contributed by atoms with Crippen molar-refractivity contribution in [3.63, 3.8) is 0 Å². The van der Waals surface area contributed by atoms with Crippen LogP contribution in [0.4, 0.5) is 24.7 Å². The summed E-state index contributed by atoms with van der Waals surface area (Å²) in [5.74, 6) is 1.24. The number of nitro groups is 1. The van der Waals surface area contributed by atoms with Gasteiger partial charge in [0.05, 0.1) is 18.7 Å². The number of ether oxygens (including phenoxy) is 3. The molecule has 0 aliphatic carbocycles. The van der Waals surface area contributed by atoms with E-state index >= 15 is 0 Å². The molecule has 0 amide bonds. The second kappa shape index (κ2) is 10.2. The minimum atomic E-state index is -4.35. The van der Waals surface area contributed by atoms with E-state index in [-0.39, 0.29) is 17.9 Å². The zero-order valence-electron chi connectivity index (χ0n) is 19.8. The molecular formula is C25H25F3N4O5. The fourth-order valence-electron chi connectivity index (χ4n) is 4.45. The summed E-state index contributed by atoms with van der Waals surface area (Å²) in [6.45, 7) is 2.92. The van der Waals surface area contributed by atoms with Gasteiger partial charge >= 0.3 is 18.0 Å². The molecule has 2 aliphatic heterocycles. The first kappa shape index (κ1) is 24.7. The van der Waals surface area contributed by atoms with E-state index in [2.05, 4.69) is 9.88 Å². The summed E-state index contributed by atoms with van der Waals surface area (Å²) in [4.78, 5) is 16.4. The fourth-order valence-corrected chi connectivity index (χ4v) is 4.45. The molecule has 37 heavy (non-hydrogen) atoms. The number of nitrogens with zero attached hydrogens (tertiary/aromatic N) is 4. The smallest absolute Gasteiger partial charge is 0.416 e. The molecule has 3 heterocycles. The van der Waals surface area contributed by atoms with Gasteiger partial charge in [0.1, 0.15) is 24.3 Å². The Balaban J connectivity index is 1.04. The number of halogens is 3. The molecule has 12 heteroatoms. The van der Waals surface area contributed by atoms with Gasteiger partial charge < -0.3 is 29.2 Å². The molecule has 196 valence electrons. The van der Waals surface area contributed by atoms with Crippen LogP contribution in [0.25, 0.3) is 0 Å². The molecular weight excluding hydrogens is 493 g/mol. The van der Waals surface area contributed by atoms with Gasteiger partial charge in [0.15, 0.2) is 6.10 Å². The third-order valence-electron chi connectivity index (χ3n) is 6.51. The Bertz CT molecular complexity index is 1200. The highest BCUT2D eigenvalue weighted by molar-refractivity contribution is 5.49. The van der Waals surface area contributed by atoms with Crippen LogP contribution >= 0.6 is 0 Å². The Morgan fingerprint density at radius 2 is 1.62 bits per heavy atom.